The molecule has 0 atom stereocenters. The number of fused-ring (bicyclic) bond motifs is 2. The van der Waals surface area contributed by atoms with Gasteiger partial charge in [0.15, 0.2) is 11.6 Å². The number of methoxy groups -OCH3 is 2. The number of ether oxygens (including phenoxy) is 2. The van der Waals surface area contributed by atoms with Gasteiger partial charge in [-0.05, 0) is 115 Å². The van der Waals surface area contributed by atoms with Crippen LogP contribution in [-0.4, -0.2) is 36.0 Å². The minimum absolute atomic E-state index is 0.0229. The van der Waals surface area contributed by atoms with Gasteiger partial charge in [-0.15, -0.1) is 0 Å². The fraction of sp³-hybridized carbons (Fsp3) is 0.500. The molecule has 58 heavy (non-hydrogen) atoms. The summed E-state index contributed by atoms with van der Waals surface area (Å²) in [4.78, 5) is 28.2. The van der Waals surface area contributed by atoms with Gasteiger partial charge in [0.25, 0.3) is 0 Å². The van der Waals surface area contributed by atoms with E-state index < -0.39 is 11.6 Å². The van der Waals surface area contributed by atoms with Crippen LogP contribution in [0.4, 0.5) is 0 Å². The lowest BCUT2D eigenvalue weighted by Crippen LogP contribution is -2.21. The Morgan fingerprint density at radius 1 is 0.534 bits per heavy atom. The summed E-state index contributed by atoms with van der Waals surface area (Å²) in [7, 11) is 3.29. The molecule has 0 aliphatic heterocycles. The average Bonchev–Trinajstić information content (AvgIpc) is 3.25. The number of carbonyl (C=O) groups is 2. The Balaban J connectivity index is 1.07. The van der Waals surface area contributed by atoms with Gasteiger partial charge in [0.05, 0.1) is 25.3 Å². The van der Waals surface area contributed by atoms with Gasteiger partial charge >= 0.3 is 0 Å². The van der Waals surface area contributed by atoms with Crippen molar-refractivity contribution in [2.75, 3.05) is 14.2 Å². The van der Waals surface area contributed by atoms with Gasteiger partial charge in [-0.25, -0.2) is 0 Å². The van der Waals surface area contributed by atoms with Crippen molar-refractivity contribution in [3.05, 3.63) is 94.0 Å². The van der Waals surface area contributed by atoms with E-state index in [2.05, 4.69) is 26.0 Å². The topological polar surface area (TPSA) is 93.1 Å². The highest BCUT2D eigenvalue weighted by atomic mass is 16.5. The molecule has 6 nitrogen and oxygen atoms in total. The normalized spacial score (nSPS) is 20.4. The minimum atomic E-state index is -0.498. The molecule has 0 radical (unpaired) electrons. The van der Waals surface area contributed by atoms with Crippen molar-refractivity contribution in [2.24, 2.45) is 17.8 Å². The van der Waals surface area contributed by atoms with Crippen molar-refractivity contribution < 1.29 is 29.3 Å². The van der Waals surface area contributed by atoms with E-state index in [1.54, 1.807) is 38.5 Å². The summed E-state index contributed by atoms with van der Waals surface area (Å²) in [5, 5.41) is 23.3. The summed E-state index contributed by atoms with van der Waals surface area (Å²) in [5.74, 6) is 2.81. The largest absolute Gasteiger partial charge is 0.507 e. The molecule has 3 aliphatic carbocycles. The van der Waals surface area contributed by atoms with Gasteiger partial charge in [-0.2, -0.15) is 0 Å². The number of unbranched alkanes of at least 4 members (excludes halogenated alkanes) is 4. The van der Waals surface area contributed by atoms with Crippen molar-refractivity contribution in [3.63, 3.8) is 0 Å². The van der Waals surface area contributed by atoms with Crippen molar-refractivity contribution in [2.45, 2.75) is 135 Å². The maximum Gasteiger partial charge on any atom is 0.198 e. The molecular weight excluding hydrogens is 721 g/mol. The van der Waals surface area contributed by atoms with Crippen LogP contribution in [0.25, 0.3) is 22.3 Å². The molecule has 6 heteroatoms. The number of benzene rings is 4. The molecule has 0 amide bonds. The van der Waals surface area contributed by atoms with Crippen LogP contribution < -0.4 is 9.47 Å². The lowest BCUT2D eigenvalue weighted by Gasteiger charge is -2.29. The lowest BCUT2D eigenvalue weighted by molar-refractivity contribution is 0.0974. The van der Waals surface area contributed by atoms with E-state index in [9.17, 15) is 19.8 Å². The Kier molecular flexibility index (Phi) is 13.6. The summed E-state index contributed by atoms with van der Waals surface area (Å²) >= 11 is 0. The number of phenolic OH excluding ortho intramolecular Hbond substituents is 2. The third-order valence-electron chi connectivity index (χ3n) is 14.0. The summed E-state index contributed by atoms with van der Waals surface area (Å²) in [6.07, 6.45) is 22.7. The fourth-order valence-electron chi connectivity index (χ4n) is 10.4. The van der Waals surface area contributed by atoms with Crippen molar-refractivity contribution >= 4 is 11.6 Å². The summed E-state index contributed by atoms with van der Waals surface area (Å²) in [6, 6.07) is 18.6. The van der Waals surface area contributed by atoms with E-state index in [0.29, 0.717) is 40.0 Å². The molecule has 0 aromatic heterocycles. The number of ketones is 2. The smallest absolute Gasteiger partial charge is 0.198 e. The highest BCUT2D eigenvalue weighted by molar-refractivity contribution is 6.31. The number of rotatable bonds is 16. The van der Waals surface area contributed by atoms with Crippen LogP contribution in [0.5, 0.6) is 23.0 Å². The van der Waals surface area contributed by atoms with Gasteiger partial charge in [-0.1, -0.05) is 115 Å². The standard InChI is InChI=1S/C52H64O6/c1-5-7-9-11-33-13-15-35(16-14-33)19-26-42-45(57-3)31-39(32-46(42)58-4)41-28-30-44-48(50(41)54)52(56)43-29-27-40(49(53)47(43)51(44)55)38-24-22-37(23-25-38)36-20-17-34(18-21-36)12-10-8-6-2/h22-25,27-36,53-54H,5-21,26H2,1-4H3. The van der Waals surface area contributed by atoms with Crippen LogP contribution in [-0.2, 0) is 6.42 Å². The quantitative estimate of drug-likeness (QED) is 0.0968. The van der Waals surface area contributed by atoms with E-state index in [-0.39, 0.29) is 33.8 Å². The number of phenols is 2. The van der Waals surface area contributed by atoms with Crippen LogP contribution in [0, 0.1) is 17.8 Å². The number of carbonyl (C=O) groups excluding carboxylic acids is 2. The van der Waals surface area contributed by atoms with Gasteiger partial charge in [-0.3, -0.25) is 9.59 Å². The third-order valence-corrected chi connectivity index (χ3v) is 14.0. The average molecular weight is 785 g/mol. The van der Waals surface area contributed by atoms with E-state index >= 15 is 0 Å². The predicted molar refractivity (Wildman–Crippen MR) is 234 cm³/mol. The Morgan fingerprint density at radius 3 is 1.43 bits per heavy atom. The molecule has 0 unspecified atom stereocenters. The zero-order valence-electron chi connectivity index (χ0n) is 35.3. The zero-order valence-corrected chi connectivity index (χ0v) is 35.3. The first-order valence-electron chi connectivity index (χ1n) is 22.4. The van der Waals surface area contributed by atoms with Crippen LogP contribution in [0.2, 0.25) is 0 Å². The van der Waals surface area contributed by atoms with Crippen LogP contribution >= 0.6 is 0 Å². The molecule has 4 aromatic rings. The molecule has 0 bridgehead atoms. The van der Waals surface area contributed by atoms with E-state index in [4.69, 9.17) is 9.47 Å². The maximum atomic E-state index is 14.1. The summed E-state index contributed by atoms with van der Waals surface area (Å²) < 4.78 is 11.8. The second-order valence-electron chi connectivity index (χ2n) is 17.5. The highest BCUT2D eigenvalue weighted by Crippen LogP contribution is 2.47. The first kappa shape index (κ1) is 41.6. The van der Waals surface area contributed by atoms with Crippen LogP contribution in [0.3, 0.4) is 0 Å². The maximum absolute atomic E-state index is 14.1. The monoisotopic (exact) mass is 784 g/mol. The first-order valence-corrected chi connectivity index (χ1v) is 22.4. The van der Waals surface area contributed by atoms with Gasteiger partial charge < -0.3 is 19.7 Å². The Hall–Kier alpha value is -4.58. The Morgan fingerprint density at radius 2 is 0.966 bits per heavy atom. The van der Waals surface area contributed by atoms with E-state index in [1.165, 1.54) is 108 Å². The fourth-order valence-corrected chi connectivity index (χ4v) is 10.4. The van der Waals surface area contributed by atoms with E-state index in [0.717, 1.165) is 35.8 Å². The predicted octanol–water partition coefficient (Wildman–Crippen LogP) is 13.4. The molecule has 3 aliphatic rings. The van der Waals surface area contributed by atoms with Crippen molar-refractivity contribution in [1.82, 2.24) is 0 Å². The van der Waals surface area contributed by atoms with E-state index in [1.807, 2.05) is 24.3 Å². The number of aromatic hydroxyl groups is 2. The van der Waals surface area contributed by atoms with Gasteiger partial charge in [0.2, 0.25) is 0 Å². The molecule has 308 valence electrons. The summed E-state index contributed by atoms with van der Waals surface area (Å²) in [5.41, 5.74) is 4.71. The Bertz CT molecular complexity index is 2040. The molecule has 2 saturated carbocycles. The van der Waals surface area contributed by atoms with Crippen LogP contribution in [0.1, 0.15) is 172 Å². The molecule has 4 aromatic carbocycles. The van der Waals surface area contributed by atoms with Crippen molar-refractivity contribution in [3.8, 4) is 45.3 Å². The molecule has 7 rings (SSSR count). The number of hydrogen-bond donors (Lipinski definition) is 2. The second-order valence-corrected chi connectivity index (χ2v) is 17.5. The molecule has 0 spiro atoms. The SMILES string of the molecule is CCCCCC1CCC(CCc2c(OC)cc(-c3ccc4c(c3O)C(=O)c3ccc(-c5ccc(C6CCC(CCCCC)CC6)cc5)c(O)c3C4=O)cc2OC)CC1. The zero-order chi connectivity index (χ0) is 40.8. The second kappa shape index (κ2) is 19.0. The third kappa shape index (κ3) is 8.72. The Labute approximate surface area is 346 Å². The molecule has 2 N–H and O–H groups in total. The van der Waals surface area contributed by atoms with Gasteiger partial charge in [0.1, 0.15) is 23.0 Å². The summed E-state index contributed by atoms with van der Waals surface area (Å²) in [6.45, 7) is 4.53. The lowest BCUT2D eigenvalue weighted by atomic mass is 9.76. The molecule has 0 saturated heterocycles. The molecular formula is C52H64O6. The van der Waals surface area contributed by atoms with Crippen molar-refractivity contribution in [1.29, 1.82) is 0 Å². The van der Waals surface area contributed by atoms with Crippen LogP contribution in [0.15, 0.2) is 60.7 Å². The molecule has 0 heterocycles. The number of hydrogen-bond acceptors (Lipinski definition) is 6. The minimum Gasteiger partial charge on any atom is -0.507 e. The molecule has 2 fully saturated rings. The highest BCUT2D eigenvalue weighted by Gasteiger charge is 2.36. The first-order chi connectivity index (χ1) is 28.3. The van der Waals surface area contributed by atoms with Gasteiger partial charge in [0, 0.05) is 27.8 Å².